The number of rotatable bonds is 4. The van der Waals surface area contributed by atoms with Crippen LogP contribution in [0.1, 0.15) is 38.3 Å². The number of thiol groups is 1. The van der Waals surface area contributed by atoms with Crippen LogP contribution >= 0.6 is 12.6 Å². The molecule has 0 heterocycles. The first-order chi connectivity index (χ1) is 10.2. The van der Waals surface area contributed by atoms with Crippen LogP contribution in [-0.4, -0.2) is 23.9 Å². The van der Waals surface area contributed by atoms with Gasteiger partial charge < -0.3 is 4.74 Å². The largest absolute Gasteiger partial charge is 0.494 e. The highest BCUT2D eigenvalue weighted by Gasteiger charge is 2.29. The highest BCUT2D eigenvalue weighted by atomic mass is 32.1. The molecule has 0 amide bonds. The maximum absolute atomic E-state index is 12.5. The Morgan fingerprint density at radius 2 is 1.48 bits per heavy atom. The van der Waals surface area contributed by atoms with Crippen molar-refractivity contribution in [2.24, 2.45) is 0 Å². The number of ketones is 2. The summed E-state index contributed by atoms with van der Waals surface area (Å²) in [5.41, 5.74) is 1.79. The SMILES string of the molecule is O=C1c2ccccc2C(=O)c2cc(OCCCS)ccc21. The lowest BCUT2D eigenvalue weighted by atomic mass is 9.84. The van der Waals surface area contributed by atoms with Crippen LogP contribution in [0.5, 0.6) is 5.75 Å². The summed E-state index contributed by atoms with van der Waals surface area (Å²) in [7, 11) is 0. The van der Waals surface area contributed by atoms with Crippen LogP contribution in [0, 0.1) is 0 Å². The molecule has 2 aromatic carbocycles. The Labute approximate surface area is 128 Å². The number of fused-ring (bicyclic) bond motifs is 2. The molecule has 0 saturated heterocycles. The second-order valence-electron chi connectivity index (χ2n) is 4.84. The molecular formula is C17H14O3S. The maximum Gasteiger partial charge on any atom is 0.194 e. The predicted octanol–water partition coefficient (Wildman–Crippen LogP) is 3.16. The molecule has 0 aromatic heterocycles. The van der Waals surface area contributed by atoms with E-state index in [1.807, 2.05) is 0 Å². The summed E-state index contributed by atoms with van der Waals surface area (Å²) in [6, 6.07) is 12.0. The Morgan fingerprint density at radius 1 is 0.857 bits per heavy atom. The highest BCUT2D eigenvalue weighted by Crippen LogP contribution is 2.29. The van der Waals surface area contributed by atoms with Gasteiger partial charge in [-0.15, -0.1) is 0 Å². The Hall–Kier alpha value is -2.07. The maximum atomic E-state index is 12.5. The summed E-state index contributed by atoms with van der Waals surface area (Å²) in [4.78, 5) is 24.9. The number of hydrogen-bond donors (Lipinski definition) is 1. The molecular weight excluding hydrogens is 284 g/mol. The van der Waals surface area contributed by atoms with Gasteiger partial charge in [-0.05, 0) is 30.4 Å². The number of benzene rings is 2. The van der Waals surface area contributed by atoms with Gasteiger partial charge in [0.2, 0.25) is 0 Å². The molecule has 0 atom stereocenters. The molecule has 0 unspecified atom stereocenters. The molecule has 1 aliphatic carbocycles. The normalized spacial score (nSPS) is 12.8. The number of carbonyl (C=O) groups excluding carboxylic acids is 2. The standard InChI is InChI=1S/C17H14O3S/c18-16-12-4-1-2-5-13(12)17(19)15-10-11(6-7-14(15)16)20-8-3-9-21/h1-2,4-7,10,21H,3,8-9H2. The van der Waals surface area contributed by atoms with Gasteiger partial charge in [0, 0.05) is 22.3 Å². The first-order valence-electron chi connectivity index (χ1n) is 6.78. The van der Waals surface area contributed by atoms with Crippen molar-refractivity contribution in [3.05, 3.63) is 64.7 Å². The molecule has 0 aliphatic heterocycles. The molecule has 3 nitrogen and oxygen atoms in total. The second kappa shape index (κ2) is 5.74. The van der Waals surface area contributed by atoms with Gasteiger partial charge >= 0.3 is 0 Å². The molecule has 0 saturated carbocycles. The van der Waals surface area contributed by atoms with Crippen molar-refractivity contribution in [1.82, 2.24) is 0 Å². The first-order valence-corrected chi connectivity index (χ1v) is 7.42. The zero-order valence-electron chi connectivity index (χ0n) is 11.3. The highest BCUT2D eigenvalue weighted by molar-refractivity contribution is 7.80. The van der Waals surface area contributed by atoms with E-state index in [2.05, 4.69) is 12.6 Å². The van der Waals surface area contributed by atoms with E-state index in [4.69, 9.17) is 4.74 Å². The zero-order chi connectivity index (χ0) is 14.8. The third kappa shape index (κ3) is 2.47. The molecule has 0 radical (unpaired) electrons. The molecule has 2 aromatic rings. The van der Waals surface area contributed by atoms with E-state index in [1.54, 1.807) is 42.5 Å². The fourth-order valence-corrected chi connectivity index (χ4v) is 2.55. The van der Waals surface area contributed by atoms with Crippen LogP contribution in [0.2, 0.25) is 0 Å². The number of hydrogen-bond acceptors (Lipinski definition) is 4. The van der Waals surface area contributed by atoms with E-state index in [9.17, 15) is 9.59 Å². The minimum Gasteiger partial charge on any atom is -0.494 e. The van der Waals surface area contributed by atoms with Crippen molar-refractivity contribution in [2.45, 2.75) is 6.42 Å². The van der Waals surface area contributed by atoms with Crippen molar-refractivity contribution >= 4 is 24.2 Å². The molecule has 21 heavy (non-hydrogen) atoms. The minimum absolute atomic E-state index is 0.109. The molecule has 4 heteroatoms. The number of carbonyl (C=O) groups is 2. The third-order valence-electron chi connectivity index (χ3n) is 3.47. The molecule has 0 spiro atoms. The van der Waals surface area contributed by atoms with Crippen LogP contribution in [0.15, 0.2) is 42.5 Å². The summed E-state index contributed by atoms with van der Waals surface area (Å²) < 4.78 is 5.57. The Bertz CT molecular complexity index is 722. The zero-order valence-corrected chi connectivity index (χ0v) is 12.2. The summed E-state index contributed by atoms with van der Waals surface area (Å²) in [5.74, 6) is 1.12. The van der Waals surface area contributed by atoms with Crippen molar-refractivity contribution in [2.75, 3.05) is 12.4 Å². The molecule has 0 bridgehead atoms. The van der Waals surface area contributed by atoms with Gasteiger partial charge in [0.05, 0.1) is 6.61 Å². The van der Waals surface area contributed by atoms with Crippen LogP contribution in [0.25, 0.3) is 0 Å². The van der Waals surface area contributed by atoms with Gasteiger partial charge in [0.25, 0.3) is 0 Å². The third-order valence-corrected chi connectivity index (χ3v) is 3.78. The van der Waals surface area contributed by atoms with E-state index in [0.717, 1.165) is 12.2 Å². The molecule has 106 valence electrons. The van der Waals surface area contributed by atoms with Gasteiger partial charge in [-0.2, -0.15) is 12.6 Å². The second-order valence-corrected chi connectivity index (χ2v) is 5.28. The average Bonchev–Trinajstić information content (AvgIpc) is 2.53. The molecule has 1 aliphatic rings. The van der Waals surface area contributed by atoms with Crippen LogP contribution < -0.4 is 4.74 Å². The summed E-state index contributed by atoms with van der Waals surface area (Å²) in [5, 5.41) is 0. The summed E-state index contributed by atoms with van der Waals surface area (Å²) in [6.45, 7) is 0.543. The molecule has 0 N–H and O–H groups in total. The fraction of sp³-hybridized carbons (Fsp3) is 0.176. The Kier molecular flexibility index (Phi) is 3.80. The van der Waals surface area contributed by atoms with Gasteiger partial charge in [0.1, 0.15) is 5.75 Å². The fourth-order valence-electron chi connectivity index (χ4n) is 2.42. The quantitative estimate of drug-likeness (QED) is 0.594. The Morgan fingerprint density at radius 3 is 2.14 bits per heavy atom. The van der Waals surface area contributed by atoms with Crippen molar-refractivity contribution in [3.63, 3.8) is 0 Å². The first kappa shape index (κ1) is 13.9. The van der Waals surface area contributed by atoms with E-state index in [1.165, 1.54) is 0 Å². The lowest BCUT2D eigenvalue weighted by molar-refractivity contribution is 0.0978. The molecule has 3 rings (SSSR count). The van der Waals surface area contributed by atoms with Crippen LogP contribution in [0.3, 0.4) is 0 Å². The van der Waals surface area contributed by atoms with E-state index in [-0.39, 0.29) is 11.6 Å². The summed E-state index contributed by atoms with van der Waals surface area (Å²) >= 11 is 4.12. The van der Waals surface area contributed by atoms with E-state index < -0.39 is 0 Å². The lowest BCUT2D eigenvalue weighted by Crippen LogP contribution is -2.20. The Balaban J connectivity index is 1.99. The topological polar surface area (TPSA) is 43.4 Å². The van der Waals surface area contributed by atoms with Gasteiger partial charge in [-0.25, -0.2) is 0 Å². The number of ether oxygens (including phenoxy) is 1. The predicted molar refractivity (Wildman–Crippen MR) is 83.7 cm³/mol. The monoisotopic (exact) mass is 298 g/mol. The van der Waals surface area contributed by atoms with E-state index in [0.29, 0.717) is 34.6 Å². The van der Waals surface area contributed by atoms with Crippen molar-refractivity contribution in [1.29, 1.82) is 0 Å². The van der Waals surface area contributed by atoms with Crippen LogP contribution in [-0.2, 0) is 0 Å². The summed E-state index contributed by atoms with van der Waals surface area (Å²) in [6.07, 6.45) is 0.829. The van der Waals surface area contributed by atoms with Gasteiger partial charge in [0.15, 0.2) is 11.6 Å². The smallest absolute Gasteiger partial charge is 0.194 e. The van der Waals surface area contributed by atoms with Gasteiger partial charge in [-0.1, -0.05) is 24.3 Å². The van der Waals surface area contributed by atoms with Crippen molar-refractivity contribution < 1.29 is 14.3 Å². The van der Waals surface area contributed by atoms with Crippen LogP contribution in [0.4, 0.5) is 0 Å². The lowest BCUT2D eigenvalue weighted by Gasteiger charge is -2.18. The van der Waals surface area contributed by atoms with Gasteiger partial charge in [-0.3, -0.25) is 9.59 Å². The average molecular weight is 298 g/mol. The van der Waals surface area contributed by atoms with Crippen molar-refractivity contribution in [3.8, 4) is 5.75 Å². The minimum atomic E-state index is -0.125. The molecule has 0 fully saturated rings. The van der Waals surface area contributed by atoms with E-state index >= 15 is 0 Å².